The van der Waals surface area contributed by atoms with Crippen LogP contribution in [0.2, 0.25) is 0 Å². The average molecular weight is 378 g/mol. The number of allylic oxidation sites excluding steroid dienone is 2. The molecule has 0 saturated carbocycles. The van der Waals surface area contributed by atoms with E-state index in [9.17, 15) is 9.59 Å². The van der Waals surface area contributed by atoms with Crippen LogP contribution in [0.15, 0.2) is 58.0 Å². The number of nitrogens with zero attached hydrogens (tertiary/aromatic N) is 1. The summed E-state index contributed by atoms with van der Waals surface area (Å²) in [6.45, 7) is 3.88. The summed E-state index contributed by atoms with van der Waals surface area (Å²) in [6, 6.07) is 11.7. The zero-order chi connectivity index (χ0) is 19.0. The number of anilines is 1. The van der Waals surface area contributed by atoms with Gasteiger partial charge in [0.05, 0.1) is 5.92 Å². The highest BCUT2D eigenvalue weighted by atomic mass is 32.1. The van der Waals surface area contributed by atoms with Crippen LogP contribution >= 0.6 is 11.3 Å². The number of benzene rings is 1. The number of rotatable bonds is 3. The first-order valence-electron chi connectivity index (χ1n) is 9.27. The van der Waals surface area contributed by atoms with Gasteiger partial charge >= 0.3 is 0 Å². The van der Waals surface area contributed by atoms with Gasteiger partial charge in [-0.05, 0) is 49.8 Å². The minimum absolute atomic E-state index is 0.103. The maximum Gasteiger partial charge on any atom is 0.234 e. The zero-order valence-electron chi connectivity index (χ0n) is 15.5. The molecule has 1 amide bonds. The maximum atomic E-state index is 13.3. The minimum Gasteiger partial charge on any atom is -0.325 e. The number of Topliss-reactive ketones (excluding diaryl/α,β-unsaturated/α-hetero) is 1. The molecule has 1 N–H and O–H groups in total. The third-order valence-electron chi connectivity index (χ3n) is 5.37. The summed E-state index contributed by atoms with van der Waals surface area (Å²) in [7, 11) is 0. The van der Waals surface area contributed by atoms with Crippen molar-refractivity contribution in [3.63, 3.8) is 0 Å². The molecule has 1 aromatic carbocycles. The van der Waals surface area contributed by atoms with Crippen molar-refractivity contribution in [3.8, 4) is 0 Å². The summed E-state index contributed by atoms with van der Waals surface area (Å²) in [5, 5.41) is 5.06. The predicted molar refractivity (Wildman–Crippen MR) is 109 cm³/mol. The fraction of sp³-hybridized carbons (Fsp3) is 0.318. The number of carbonyl (C=O) groups is 2. The molecule has 1 unspecified atom stereocenters. The van der Waals surface area contributed by atoms with E-state index in [1.54, 1.807) is 11.3 Å². The van der Waals surface area contributed by atoms with Gasteiger partial charge in [-0.3, -0.25) is 14.6 Å². The Kier molecular flexibility index (Phi) is 4.79. The smallest absolute Gasteiger partial charge is 0.234 e. The van der Waals surface area contributed by atoms with Gasteiger partial charge in [-0.15, -0.1) is 11.3 Å². The van der Waals surface area contributed by atoms with Crippen molar-refractivity contribution in [3.05, 3.63) is 63.5 Å². The van der Waals surface area contributed by atoms with Crippen molar-refractivity contribution in [1.82, 2.24) is 0 Å². The molecular weight excluding hydrogens is 356 g/mol. The molecule has 27 heavy (non-hydrogen) atoms. The molecule has 2 heterocycles. The van der Waals surface area contributed by atoms with Gasteiger partial charge in [0.2, 0.25) is 5.91 Å². The molecule has 0 fully saturated rings. The van der Waals surface area contributed by atoms with E-state index >= 15 is 0 Å². The van der Waals surface area contributed by atoms with Gasteiger partial charge in [-0.2, -0.15) is 0 Å². The second kappa shape index (κ2) is 7.24. The maximum absolute atomic E-state index is 13.3. The van der Waals surface area contributed by atoms with E-state index in [1.165, 1.54) is 0 Å². The van der Waals surface area contributed by atoms with Crippen LogP contribution in [0.4, 0.5) is 5.69 Å². The van der Waals surface area contributed by atoms with Crippen molar-refractivity contribution < 1.29 is 9.59 Å². The third kappa shape index (κ3) is 3.28. The van der Waals surface area contributed by atoms with Crippen LogP contribution in [-0.4, -0.2) is 17.4 Å². The van der Waals surface area contributed by atoms with Gasteiger partial charge in [0.25, 0.3) is 0 Å². The van der Waals surface area contributed by atoms with E-state index in [4.69, 9.17) is 4.99 Å². The Balaban J connectivity index is 1.75. The Hall–Kier alpha value is -2.53. The molecule has 4 nitrogen and oxygen atoms in total. The number of aliphatic imine (C=N–C) groups is 1. The zero-order valence-corrected chi connectivity index (χ0v) is 16.3. The monoisotopic (exact) mass is 378 g/mol. The van der Waals surface area contributed by atoms with Gasteiger partial charge < -0.3 is 5.32 Å². The van der Waals surface area contributed by atoms with Crippen molar-refractivity contribution in [2.24, 2.45) is 10.9 Å². The lowest BCUT2D eigenvalue weighted by molar-refractivity contribution is -0.119. The fourth-order valence-corrected chi connectivity index (χ4v) is 4.92. The molecule has 1 aliphatic carbocycles. The Bertz CT molecular complexity index is 956. The van der Waals surface area contributed by atoms with Crippen molar-refractivity contribution >= 4 is 34.4 Å². The van der Waals surface area contributed by atoms with Crippen LogP contribution in [0.5, 0.6) is 0 Å². The van der Waals surface area contributed by atoms with Crippen molar-refractivity contribution in [2.75, 3.05) is 5.32 Å². The van der Waals surface area contributed by atoms with E-state index in [2.05, 4.69) is 5.32 Å². The molecule has 4 rings (SSSR count). The van der Waals surface area contributed by atoms with Crippen LogP contribution in [-0.2, 0) is 9.59 Å². The van der Waals surface area contributed by atoms with Gasteiger partial charge in [0, 0.05) is 39.9 Å². The number of ketones is 1. The number of para-hydroxylation sites is 1. The summed E-state index contributed by atoms with van der Waals surface area (Å²) in [5.74, 6) is -0.674. The molecule has 5 heteroatoms. The molecule has 1 aromatic heterocycles. The van der Waals surface area contributed by atoms with Crippen molar-refractivity contribution in [2.45, 2.75) is 39.0 Å². The number of hydrogen-bond acceptors (Lipinski definition) is 4. The predicted octanol–water partition coefficient (Wildman–Crippen LogP) is 4.88. The van der Waals surface area contributed by atoms with Crippen LogP contribution in [0.25, 0.3) is 0 Å². The normalized spacial score (nSPS) is 22.3. The molecule has 138 valence electrons. The second-order valence-corrected chi connectivity index (χ2v) is 8.14. The van der Waals surface area contributed by atoms with E-state index in [0.29, 0.717) is 6.42 Å². The summed E-state index contributed by atoms with van der Waals surface area (Å²) in [5.41, 5.74) is 4.22. The Morgan fingerprint density at radius 2 is 1.96 bits per heavy atom. The van der Waals surface area contributed by atoms with Crippen LogP contribution in [0.1, 0.15) is 42.5 Å². The third-order valence-corrected chi connectivity index (χ3v) is 6.32. The fourth-order valence-electron chi connectivity index (χ4n) is 4.05. The van der Waals surface area contributed by atoms with E-state index < -0.39 is 5.92 Å². The van der Waals surface area contributed by atoms with E-state index in [-0.39, 0.29) is 17.6 Å². The molecule has 2 atom stereocenters. The molecule has 0 radical (unpaired) electrons. The van der Waals surface area contributed by atoms with Gasteiger partial charge in [0.15, 0.2) is 5.78 Å². The Morgan fingerprint density at radius 1 is 1.15 bits per heavy atom. The summed E-state index contributed by atoms with van der Waals surface area (Å²) in [6.07, 6.45) is 2.19. The molecule has 2 aliphatic rings. The molecule has 0 bridgehead atoms. The standard InChI is InChI=1S/C22H22N2O2S/c1-13-7-3-4-8-15(13)24-22(26)19-14(2)23-16-9-5-10-17(25)20(16)21(19)18-11-6-12-27-18/h3-4,6-8,11-12,19,21H,5,9-10H2,1-2H3,(H,24,26)/t19?,21-/m0/s1. The van der Waals surface area contributed by atoms with Crippen molar-refractivity contribution in [1.29, 1.82) is 0 Å². The topological polar surface area (TPSA) is 58.5 Å². The first-order valence-corrected chi connectivity index (χ1v) is 10.2. The van der Waals surface area contributed by atoms with Crippen LogP contribution < -0.4 is 5.32 Å². The molecule has 2 aromatic rings. The van der Waals surface area contributed by atoms with E-state index in [1.807, 2.05) is 55.6 Å². The number of amides is 1. The highest BCUT2D eigenvalue weighted by Crippen LogP contribution is 2.44. The Morgan fingerprint density at radius 3 is 2.70 bits per heavy atom. The largest absolute Gasteiger partial charge is 0.325 e. The highest BCUT2D eigenvalue weighted by molar-refractivity contribution is 7.10. The lowest BCUT2D eigenvalue weighted by atomic mass is 9.74. The molecule has 0 spiro atoms. The second-order valence-electron chi connectivity index (χ2n) is 7.17. The van der Waals surface area contributed by atoms with Crippen LogP contribution in [0, 0.1) is 12.8 Å². The quantitative estimate of drug-likeness (QED) is 0.828. The molecular formula is C22H22N2O2S. The first kappa shape index (κ1) is 17.9. The van der Waals surface area contributed by atoms with Gasteiger partial charge in [0.1, 0.15) is 0 Å². The summed E-state index contributed by atoms with van der Waals surface area (Å²) in [4.78, 5) is 31.8. The highest BCUT2D eigenvalue weighted by Gasteiger charge is 2.42. The first-order chi connectivity index (χ1) is 13.1. The lowest BCUT2D eigenvalue weighted by Crippen LogP contribution is -2.38. The van der Waals surface area contributed by atoms with Gasteiger partial charge in [-0.1, -0.05) is 24.3 Å². The number of nitrogens with one attached hydrogen (secondary N) is 1. The van der Waals surface area contributed by atoms with E-state index in [0.717, 1.165) is 46.0 Å². The average Bonchev–Trinajstić information content (AvgIpc) is 3.17. The number of carbonyl (C=O) groups excluding carboxylic acids is 2. The SMILES string of the molecule is CC1=NC2=C(C(=O)CCC2)[C@@H](c2cccs2)C1C(=O)Nc1ccccc1C. The number of hydrogen-bond donors (Lipinski definition) is 1. The summed E-state index contributed by atoms with van der Waals surface area (Å²) < 4.78 is 0. The number of thiophene rings is 1. The Labute approximate surface area is 163 Å². The lowest BCUT2D eigenvalue weighted by Gasteiger charge is -2.34. The van der Waals surface area contributed by atoms with Gasteiger partial charge in [-0.25, -0.2) is 0 Å². The molecule has 1 aliphatic heterocycles. The van der Waals surface area contributed by atoms with Crippen LogP contribution in [0.3, 0.4) is 0 Å². The number of aryl methyl sites for hydroxylation is 1. The minimum atomic E-state index is -0.468. The molecule has 0 saturated heterocycles. The summed E-state index contributed by atoms with van der Waals surface area (Å²) >= 11 is 1.60.